The Morgan fingerprint density at radius 1 is 0.500 bits per heavy atom. The first-order valence-corrected chi connectivity index (χ1v) is 5.86. The third kappa shape index (κ3) is 7.44. The molecule has 0 saturated carbocycles. The van der Waals surface area contributed by atoms with Crippen LogP contribution in [0.25, 0.3) is 0 Å². The second-order valence-corrected chi connectivity index (χ2v) is 3.16. The van der Waals surface area contributed by atoms with Crippen LogP contribution in [0.15, 0.2) is 49.4 Å². The summed E-state index contributed by atoms with van der Waals surface area (Å²) in [5.41, 5.74) is 0. The van der Waals surface area contributed by atoms with Crippen LogP contribution in [-0.4, -0.2) is 12.6 Å². The van der Waals surface area contributed by atoms with Gasteiger partial charge in [-0.2, -0.15) is 0 Å². The van der Waals surface area contributed by atoms with E-state index >= 15 is 0 Å². The van der Waals surface area contributed by atoms with E-state index in [2.05, 4.69) is 0 Å². The molecular weight excluding hydrogens is 232 g/mol. The van der Waals surface area contributed by atoms with E-state index in [4.69, 9.17) is 18.9 Å². The highest BCUT2D eigenvalue weighted by Crippen LogP contribution is 2.11. The average Bonchev–Trinajstić information content (AvgIpc) is 2.40. The van der Waals surface area contributed by atoms with Crippen molar-refractivity contribution in [2.75, 3.05) is 0 Å². The van der Waals surface area contributed by atoms with E-state index in [1.54, 1.807) is 24.3 Å². The lowest BCUT2D eigenvalue weighted by molar-refractivity contribution is -0.218. The molecule has 102 valence electrons. The molecule has 0 aromatic carbocycles. The van der Waals surface area contributed by atoms with Crippen LogP contribution in [-0.2, 0) is 18.9 Å². The lowest BCUT2D eigenvalue weighted by Crippen LogP contribution is -2.32. The molecule has 0 rings (SSSR count). The standard InChI is InChI=1S/C14H22O4/c1-5-9-15-13(16-10-6-2)14(17-11-7-3)18-12-8-4/h5-14H,1-4H3/b9-5+,10-6+,11-7+,12-8+. The normalized spacial score (nSPS) is 12.6. The molecule has 0 amide bonds. The Morgan fingerprint density at radius 3 is 0.889 bits per heavy atom. The highest BCUT2D eigenvalue weighted by molar-refractivity contribution is 4.76. The second kappa shape index (κ2) is 11.6. The molecule has 0 N–H and O–H groups in total. The van der Waals surface area contributed by atoms with Crippen molar-refractivity contribution in [1.29, 1.82) is 0 Å². The highest BCUT2D eigenvalue weighted by Gasteiger charge is 2.24. The summed E-state index contributed by atoms with van der Waals surface area (Å²) in [7, 11) is 0. The number of ether oxygens (including phenoxy) is 4. The van der Waals surface area contributed by atoms with Crippen LogP contribution in [0.3, 0.4) is 0 Å². The van der Waals surface area contributed by atoms with Crippen LogP contribution in [0.5, 0.6) is 0 Å². The smallest absolute Gasteiger partial charge is 0.314 e. The largest absolute Gasteiger partial charge is 0.456 e. The van der Waals surface area contributed by atoms with Crippen molar-refractivity contribution in [2.45, 2.75) is 40.3 Å². The fourth-order valence-electron chi connectivity index (χ4n) is 0.945. The van der Waals surface area contributed by atoms with Gasteiger partial charge in [0.2, 0.25) is 0 Å². The monoisotopic (exact) mass is 254 g/mol. The van der Waals surface area contributed by atoms with Crippen molar-refractivity contribution in [3.63, 3.8) is 0 Å². The van der Waals surface area contributed by atoms with E-state index in [1.807, 2.05) is 27.7 Å². The molecule has 18 heavy (non-hydrogen) atoms. The fraction of sp³-hybridized carbons (Fsp3) is 0.429. The summed E-state index contributed by atoms with van der Waals surface area (Å²) < 4.78 is 21.5. The van der Waals surface area contributed by atoms with Crippen molar-refractivity contribution in [3.05, 3.63) is 49.4 Å². The van der Waals surface area contributed by atoms with Crippen molar-refractivity contribution in [2.24, 2.45) is 0 Å². The van der Waals surface area contributed by atoms with Crippen LogP contribution < -0.4 is 0 Å². The molecule has 0 bridgehead atoms. The third-order valence-electron chi connectivity index (χ3n) is 1.62. The highest BCUT2D eigenvalue weighted by atomic mass is 16.8. The molecule has 0 spiro atoms. The molecule has 0 heterocycles. The number of hydrogen-bond acceptors (Lipinski definition) is 4. The van der Waals surface area contributed by atoms with Gasteiger partial charge in [0.1, 0.15) is 0 Å². The second-order valence-electron chi connectivity index (χ2n) is 3.16. The molecular formula is C14H22O4. The minimum absolute atomic E-state index is 0.690. The molecule has 0 aliphatic heterocycles. The molecule has 0 aromatic rings. The zero-order valence-electron chi connectivity index (χ0n) is 11.4. The summed E-state index contributed by atoms with van der Waals surface area (Å²) >= 11 is 0. The maximum atomic E-state index is 5.38. The van der Waals surface area contributed by atoms with E-state index in [9.17, 15) is 0 Å². The van der Waals surface area contributed by atoms with Gasteiger partial charge in [0, 0.05) is 0 Å². The molecule has 0 atom stereocenters. The number of rotatable bonds is 9. The van der Waals surface area contributed by atoms with Crippen molar-refractivity contribution < 1.29 is 18.9 Å². The quantitative estimate of drug-likeness (QED) is 0.463. The fourth-order valence-corrected chi connectivity index (χ4v) is 0.945. The summed E-state index contributed by atoms with van der Waals surface area (Å²) in [6.07, 6.45) is 11.8. The van der Waals surface area contributed by atoms with Crippen LogP contribution in [0.1, 0.15) is 27.7 Å². The van der Waals surface area contributed by atoms with Crippen molar-refractivity contribution >= 4 is 0 Å². The summed E-state index contributed by atoms with van der Waals surface area (Å²) in [5.74, 6) is 0. The topological polar surface area (TPSA) is 36.9 Å². The predicted molar refractivity (Wildman–Crippen MR) is 71.2 cm³/mol. The summed E-state index contributed by atoms with van der Waals surface area (Å²) in [4.78, 5) is 0. The number of hydrogen-bond donors (Lipinski definition) is 0. The Kier molecular flexibility index (Phi) is 10.4. The minimum Gasteiger partial charge on any atom is -0.456 e. The molecule has 0 saturated heterocycles. The Morgan fingerprint density at radius 2 is 0.722 bits per heavy atom. The Hall–Kier alpha value is -1.84. The molecule has 0 aliphatic carbocycles. The molecule has 0 aliphatic rings. The van der Waals surface area contributed by atoms with Gasteiger partial charge in [-0.3, -0.25) is 0 Å². The maximum absolute atomic E-state index is 5.38. The van der Waals surface area contributed by atoms with Crippen LogP contribution in [0.2, 0.25) is 0 Å². The zero-order chi connectivity index (χ0) is 13.6. The third-order valence-corrected chi connectivity index (χ3v) is 1.62. The molecule has 0 fully saturated rings. The maximum Gasteiger partial charge on any atom is 0.314 e. The first kappa shape index (κ1) is 16.2. The van der Waals surface area contributed by atoms with Crippen LogP contribution >= 0.6 is 0 Å². The molecule has 0 aromatic heterocycles. The molecule has 0 unspecified atom stereocenters. The van der Waals surface area contributed by atoms with Crippen LogP contribution in [0, 0.1) is 0 Å². The van der Waals surface area contributed by atoms with E-state index in [-0.39, 0.29) is 0 Å². The van der Waals surface area contributed by atoms with E-state index < -0.39 is 12.6 Å². The first-order valence-electron chi connectivity index (χ1n) is 5.86. The summed E-state index contributed by atoms with van der Waals surface area (Å²) in [6, 6.07) is 0. The minimum atomic E-state index is -0.690. The first-order chi connectivity index (χ1) is 8.79. The van der Waals surface area contributed by atoms with Gasteiger partial charge in [-0.25, -0.2) is 0 Å². The Balaban J connectivity index is 4.66. The van der Waals surface area contributed by atoms with E-state index in [1.165, 1.54) is 25.0 Å². The predicted octanol–water partition coefficient (Wildman–Crippen LogP) is 3.84. The average molecular weight is 254 g/mol. The van der Waals surface area contributed by atoms with Gasteiger partial charge in [0.25, 0.3) is 0 Å². The Bertz CT molecular complexity index is 234. The lowest BCUT2D eigenvalue weighted by Gasteiger charge is -2.24. The Labute approximate surface area is 109 Å². The van der Waals surface area contributed by atoms with Gasteiger partial charge >= 0.3 is 12.6 Å². The SMILES string of the molecule is C/C=C/OC(O/C=C/C)C(O/C=C/C)O/C=C/C. The van der Waals surface area contributed by atoms with E-state index in [0.29, 0.717) is 0 Å². The van der Waals surface area contributed by atoms with Gasteiger partial charge in [-0.05, 0) is 27.7 Å². The molecule has 4 heteroatoms. The van der Waals surface area contributed by atoms with Crippen molar-refractivity contribution in [1.82, 2.24) is 0 Å². The van der Waals surface area contributed by atoms with Gasteiger partial charge < -0.3 is 18.9 Å². The van der Waals surface area contributed by atoms with Gasteiger partial charge in [-0.1, -0.05) is 24.3 Å². The van der Waals surface area contributed by atoms with Crippen molar-refractivity contribution in [3.8, 4) is 0 Å². The molecule has 4 nitrogen and oxygen atoms in total. The van der Waals surface area contributed by atoms with Gasteiger partial charge in [-0.15, -0.1) is 0 Å². The zero-order valence-corrected chi connectivity index (χ0v) is 11.4. The van der Waals surface area contributed by atoms with Crippen LogP contribution in [0.4, 0.5) is 0 Å². The molecule has 0 radical (unpaired) electrons. The summed E-state index contributed by atoms with van der Waals surface area (Å²) in [6.45, 7) is 7.39. The van der Waals surface area contributed by atoms with Gasteiger partial charge in [0.05, 0.1) is 25.0 Å². The van der Waals surface area contributed by atoms with Gasteiger partial charge in [0.15, 0.2) is 0 Å². The van der Waals surface area contributed by atoms with E-state index in [0.717, 1.165) is 0 Å². The summed E-state index contributed by atoms with van der Waals surface area (Å²) in [5, 5.41) is 0. The lowest BCUT2D eigenvalue weighted by atomic mass is 10.5. The number of allylic oxidation sites excluding steroid dienone is 4.